The van der Waals surface area contributed by atoms with Gasteiger partial charge in [0.2, 0.25) is 5.91 Å². The number of thiophene rings is 1. The van der Waals surface area contributed by atoms with E-state index in [4.69, 9.17) is 0 Å². The summed E-state index contributed by atoms with van der Waals surface area (Å²) in [5.74, 6) is 0.210. The molecule has 0 fully saturated rings. The Kier molecular flexibility index (Phi) is 5.48. The molecule has 1 unspecified atom stereocenters. The number of carbonyl (C=O) groups excluding carboxylic acids is 1. The molecular weight excluding hydrogens is 366 g/mol. The summed E-state index contributed by atoms with van der Waals surface area (Å²) in [5.41, 5.74) is 1.84. The number of rotatable bonds is 5. The molecular formula is C19H21N3O2S2. The lowest BCUT2D eigenvalue weighted by Gasteiger charge is -2.17. The summed E-state index contributed by atoms with van der Waals surface area (Å²) in [6.07, 6.45) is 0. The van der Waals surface area contributed by atoms with Crippen LogP contribution in [-0.2, 0) is 11.8 Å². The topological polar surface area (TPSA) is 64.0 Å². The third kappa shape index (κ3) is 3.68. The lowest BCUT2D eigenvalue weighted by molar-refractivity contribution is -0.115. The van der Waals surface area contributed by atoms with Crippen LogP contribution in [0.3, 0.4) is 0 Å². The van der Waals surface area contributed by atoms with Crippen LogP contribution in [0.1, 0.15) is 32.3 Å². The van der Waals surface area contributed by atoms with Crippen molar-refractivity contribution in [1.29, 1.82) is 0 Å². The number of carbonyl (C=O) groups is 1. The smallest absolute Gasteiger partial charge is 0.262 e. The van der Waals surface area contributed by atoms with Crippen molar-refractivity contribution < 1.29 is 4.79 Å². The van der Waals surface area contributed by atoms with E-state index in [2.05, 4.69) is 24.1 Å². The van der Waals surface area contributed by atoms with E-state index in [1.807, 2.05) is 36.6 Å². The predicted octanol–water partition coefficient (Wildman–Crippen LogP) is 4.24. The standard InChI is InChI=1S/C19H21N3O2S2/c1-11(2)13-7-5-6-8-15(13)20-16(23)12(3)26-19-21-17-14(9-10-25-17)18(24)22(19)4/h5-12H,1-4H3,(H,20,23). The highest BCUT2D eigenvalue weighted by molar-refractivity contribution is 8.00. The fourth-order valence-corrected chi connectivity index (χ4v) is 4.33. The number of benzene rings is 1. The van der Waals surface area contributed by atoms with Gasteiger partial charge in [-0.25, -0.2) is 4.98 Å². The molecule has 3 aromatic rings. The molecule has 1 amide bonds. The number of aromatic nitrogens is 2. The first kappa shape index (κ1) is 18.7. The average Bonchev–Trinajstić information content (AvgIpc) is 3.08. The number of hydrogen-bond donors (Lipinski definition) is 1. The Balaban J connectivity index is 1.80. The molecule has 0 saturated heterocycles. The number of fused-ring (bicyclic) bond motifs is 1. The molecule has 0 aliphatic carbocycles. The third-order valence-corrected chi connectivity index (χ3v) is 6.11. The van der Waals surface area contributed by atoms with E-state index in [0.29, 0.717) is 21.3 Å². The van der Waals surface area contributed by atoms with Crippen LogP contribution < -0.4 is 10.9 Å². The molecule has 2 aromatic heterocycles. The molecule has 0 saturated carbocycles. The van der Waals surface area contributed by atoms with Gasteiger partial charge < -0.3 is 5.32 Å². The summed E-state index contributed by atoms with van der Waals surface area (Å²) in [6, 6.07) is 9.60. The maximum Gasteiger partial charge on any atom is 0.262 e. The summed E-state index contributed by atoms with van der Waals surface area (Å²) in [7, 11) is 1.69. The first-order chi connectivity index (χ1) is 12.4. The van der Waals surface area contributed by atoms with Crippen LogP contribution in [0.5, 0.6) is 0 Å². The maximum atomic E-state index is 12.7. The summed E-state index contributed by atoms with van der Waals surface area (Å²) in [5, 5.41) is 5.64. The van der Waals surface area contributed by atoms with Crippen LogP contribution in [0, 0.1) is 0 Å². The first-order valence-electron chi connectivity index (χ1n) is 8.39. The molecule has 1 N–H and O–H groups in total. The van der Waals surface area contributed by atoms with Gasteiger partial charge in [-0.05, 0) is 35.9 Å². The third-order valence-electron chi connectivity index (χ3n) is 4.16. The van der Waals surface area contributed by atoms with Gasteiger partial charge in [0, 0.05) is 12.7 Å². The molecule has 1 aromatic carbocycles. The monoisotopic (exact) mass is 387 g/mol. The van der Waals surface area contributed by atoms with Crippen molar-refractivity contribution in [3.63, 3.8) is 0 Å². The minimum absolute atomic E-state index is 0.0866. The molecule has 2 heterocycles. The van der Waals surface area contributed by atoms with Crippen molar-refractivity contribution >= 4 is 44.9 Å². The molecule has 3 rings (SSSR count). The van der Waals surface area contributed by atoms with Crippen LogP contribution in [0.2, 0.25) is 0 Å². The summed E-state index contributed by atoms with van der Waals surface area (Å²) in [6.45, 7) is 6.01. The Morgan fingerprint density at radius 2 is 1.96 bits per heavy atom. The van der Waals surface area contributed by atoms with E-state index in [-0.39, 0.29) is 16.7 Å². The molecule has 136 valence electrons. The van der Waals surface area contributed by atoms with Gasteiger partial charge in [0.15, 0.2) is 5.16 Å². The van der Waals surface area contributed by atoms with Crippen LogP contribution in [0.4, 0.5) is 5.69 Å². The minimum Gasteiger partial charge on any atom is -0.325 e. The molecule has 0 aliphatic heterocycles. The predicted molar refractivity (Wildman–Crippen MR) is 109 cm³/mol. The Labute approximate surface area is 160 Å². The van der Waals surface area contributed by atoms with Gasteiger partial charge in [0.1, 0.15) is 4.83 Å². The SMILES string of the molecule is CC(Sc1nc2sccc2c(=O)n1C)C(=O)Nc1ccccc1C(C)C. The Bertz CT molecular complexity index is 1010. The number of anilines is 1. The number of nitrogens with one attached hydrogen (secondary N) is 1. The van der Waals surface area contributed by atoms with Crippen LogP contribution >= 0.6 is 23.1 Å². The second-order valence-corrected chi connectivity index (χ2v) is 8.59. The van der Waals surface area contributed by atoms with E-state index in [1.165, 1.54) is 27.7 Å². The lowest BCUT2D eigenvalue weighted by Crippen LogP contribution is -2.25. The van der Waals surface area contributed by atoms with Gasteiger partial charge >= 0.3 is 0 Å². The molecule has 0 radical (unpaired) electrons. The van der Waals surface area contributed by atoms with Crippen molar-refractivity contribution in [2.24, 2.45) is 7.05 Å². The number of hydrogen-bond acceptors (Lipinski definition) is 5. The van der Waals surface area contributed by atoms with Crippen molar-refractivity contribution in [2.45, 2.75) is 37.1 Å². The Morgan fingerprint density at radius 3 is 2.69 bits per heavy atom. The zero-order chi connectivity index (χ0) is 18.8. The van der Waals surface area contributed by atoms with Crippen molar-refractivity contribution in [3.05, 3.63) is 51.6 Å². The average molecular weight is 388 g/mol. The summed E-state index contributed by atoms with van der Waals surface area (Å²) < 4.78 is 1.51. The van der Waals surface area contributed by atoms with Gasteiger partial charge in [0.05, 0.1) is 10.6 Å². The zero-order valence-electron chi connectivity index (χ0n) is 15.1. The molecule has 0 spiro atoms. The normalized spacial score (nSPS) is 12.5. The first-order valence-corrected chi connectivity index (χ1v) is 10.1. The lowest BCUT2D eigenvalue weighted by atomic mass is 10.0. The van der Waals surface area contributed by atoms with Gasteiger partial charge in [-0.15, -0.1) is 11.3 Å². The maximum absolute atomic E-state index is 12.7. The highest BCUT2D eigenvalue weighted by atomic mass is 32.2. The van der Waals surface area contributed by atoms with E-state index in [0.717, 1.165) is 11.3 Å². The van der Waals surface area contributed by atoms with Crippen molar-refractivity contribution in [3.8, 4) is 0 Å². The molecule has 7 heteroatoms. The second kappa shape index (κ2) is 7.63. The summed E-state index contributed by atoms with van der Waals surface area (Å²) in [4.78, 5) is 30.3. The Hall–Kier alpha value is -2.12. The minimum atomic E-state index is -0.384. The molecule has 0 aliphatic rings. The molecule has 1 atom stereocenters. The fraction of sp³-hybridized carbons (Fsp3) is 0.316. The van der Waals surface area contributed by atoms with Crippen LogP contribution in [0.25, 0.3) is 10.2 Å². The van der Waals surface area contributed by atoms with E-state index >= 15 is 0 Å². The van der Waals surface area contributed by atoms with E-state index in [1.54, 1.807) is 13.1 Å². The zero-order valence-corrected chi connectivity index (χ0v) is 16.8. The van der Waals surface area contributed by atoms with Gasteiger partial charge in [-0.1, -0.05) is 43.8 Å². The summed E-state index contributed by atoms with van der Waals surface area (Å²) >= 11 is 2.72. The quantitative estimate of drug-likeness (QED) is 0.525. The number of para-hydroxylation sites is 1. The second-order valence-electron chi connectivity index (χ2n) is 6.39. The van der Waals surface area contributed by atoms with Crippen LogP contribution in [0.15, 0.2) is 45.7 Å². The largest absolute Gasteiger partial charge is 0.325 e. The van der Waals surface area contributed by atoms with Crippen LogP contribution in [-0.4, -0.2) is 20.7 Å². The number of nitrogens with zero attached hydrogens (tertiary/aromatic N) is 2. The highest BCUT2D eigenvalue weighted by Gasteiger charge is 2.20. The molecule has 0 bridgehead atoms. The highest BCUT2D eigenvalue weighted by Crippen LogP contribution is 2.27. The number of amides is 1. The number of thioether (sulfide) groups is 1. The van der Waals surface area contributed by atoms with E-state index < -0.39 is 0 Å². The molecule has 5 nitrogen and oxygen atoms in total. The molecule has 26 heavy (non-hydrogen) atoms. The fourth-order valence-electron chi connectivity index (χ4n) is 2.65. The van der Waals surface area contributed by atoms with Crippen molar-refractivity contribution in [1.82, 2.24) is 9.55 Å². The van der Waals surface area contributed by atoms with Crippen molar-refractivity contribution in [2.75, 3.05) is 5.32 Å². The Morgan fingerprint density at radius 1 is 1.23 bits per heavy atom. The van der Waals surface area contributed by atoms with E-state index in [9.17, 15) is 9.59 Å². The van der Waals surface area contributed by atoms with Gasteiger partial charge in [0.25, 0.3) is 5.56 Å². The van der Waals surface area contributed by atoms with Gasteiger partial charge in [-0.3, -0.25) is 14.2 Å². The van der Waals surface area contributed by atoms with Gasteiger partial charge in [-0.2, -0.15) is 0 Å².